The Bertz CT molecular complexity index is 657. The van der Waals surface area contributed by atoms with Gasteiger partial charge >= 0.3 is 0 Å². The minimum absolute atomic E-state index is 0.0492. The largest absolute Gasteiger partial charge is 0.344 e. The maximum absolute atomic E-state index is 13.4. The summed E-state index contributed by atoms with van der Waals surface area (Å²) < 4.78 is 0. The van der Waals surface area contributed by atoms with E-state index in [0.717, 1.165) is 38.9 Å². The Balaban J connectivity index is 1.93. The number of likely N-dealkylation sites (tertiary alicyclic amines) is 1. The highest BCUT2D eigenvalue weighted by Gasteiger charge is 2.40. The Morgan fingerprint density at radius 1 is 1.24 bits per heavy atom. The third-order valence-corrected chi connectivity index (χ3v) is 5.80. The molecule has 0 aliphatic carbocycles. The van der Waals surface area contributed by atoms with E-state index in [-0.39, 0.29) is 29.3 Å². The van der Waals surface area contributed by atoms with Crippen molar-refractivity contribution in [2.45, 2.75) is 65.1 Å². The lowest BCUT2D eigenvalue weighted by Gasteiger charge is -2.36. The van der Waals surface area contributed by atoms with Crippen LogP contribution in [0, 0.1) is 5.41 Å². The molecule has 162 valence electrons. The van der Waals surface area contributed by atoms with Gasteiger partial charge in [-0.1, -0.05) is 51.1 Å². The van der Waals surface area contributed by atoms with Gasteiger partial charge in [-0.3, -0.25) is 9.59 Å². The molecule has 1 aliphatic rings. The number of nitrogens with one attached hydrogen (secondary N) is 2. The fraction of sp³-hybridized carbons (Fsp3) is 0.652. The maximum atomic E-state index is 13.4. The molecule has 0 radical (unpaired) electrons. The van der Waals surface area contributed by atoms with Gasteiger partial charge in [0.2, 0.25) is 11.8 Å². The number of quaternary nitrogens is 1. The van der Waals surface area contributed by atoms with Gasteiger partial charge in [0.15, 0.2) is 0 Å². The van der Waals surface area contributed by atoms with Crippen LogP contribution in [-0.2, 0) is 16.0 Å². The molecule has 2 amide bonds. The van der Waals surface area contributed by atoms with E-state index in [2.05, 4.69) is 40.2 Å². The summed E-state index contributed by atoms with van der Waals surface area (Å²) >= 11 is 0. The predicted octanol–water partition coefficient (Wildman–Crippen LogP) is 0.922. The first-order chi connectivity index (χ1) is 13.7. The number of likely N-dealkylation sites (N-methyl/N-ethyl adjacent to an activating group) is 1. The summed E-state index contributed by atoms with van der Waals surface area (Å²) in [7, 11) is 1.75. The van der Waals surface area contributed by atoms with Crippen LogP contribution in [0.1, 0.15) is 46.1 Å². The molecule has 0 unspecified atom stereocenters. The van der Waals surface area contributed by atoms with Crippen molar-refractivity contribution in [2.75, 3.05) is 26.7 Å². The third-order valence-electron chi connectivity index (χ3n) is 5.80. The molecule has 0 saturated carbocycles. The summed E-state index contributed by atoms with van der Waals surface area (Å²) in [6.45, 7) is 10.5. The Hall–Kier alpha value is -1.92. The molecule has 4 N–H and O–H groups in total. The van der Waals surface area contributed by atoms with Gasteiger partial charge in [0.25, 0.3) is 0 Å². The van der Waals surface area contributed by atoms with Crippen LogP contribution in [0.25, 0.3) is 0 Å². The van der Waals surface area contributed by atoms with Crippen molar-refractivity contribution >= 4 is 11.8 Å². The van der Waals surface area contributed by atoms with Crippen LogP contribution in [-0.4, -0.2) is 61.5 Å². The molecule has 1 aliphatic heterocycles. The number of carbonyl (C=O) groups excluding carboxylic acids is 2. The van der Waals surface area contributed by atoms with Crippen LogP contribution in [0.15, 0.2) is 30.3 Å². The van der Waals surface area contributed by atoms with Crippen molar-refractivity contribution in [3.05, 3.63) is 35.9 Å². The normalized spacial score (nSPS) is 19.1. The van der Waals surface area contributed by atoms with Gasteiger partial charge in [-0.05, 0) is 37.8 Å². The van der Waals surface area contributed by atoms with E-state index in [1.165, 1.54) is 5.56 Å². The summed E-state index contributed by atoms with van der Waals surface area (Å²) in [4.78, 5) is 27.8. The van der Waals surface area contributed by atoms with Crippen molar-refractivity contribution in [1.29, 1.82) is 0 Å². The molecule has 2 rings (SSSR count). The van der Waals surface area contributed by atoms with Crippen molar-refractivity contribution in [1.82, 2.24) is 15.5 Å². The topological polar surface area (TPSA) is 78.1 Å². The molecular formula is C23H39N4O2+. The first kappa shape index (κ1) is 23.4. The molecule has 1 aromatic carbocycles. The Kier molecular flexibility index (Phi) is 8.65. The lowest BCUT2D eigenvalue weighted by molar-refractivity contribution is -0.657. The number of amides is 2. The van der Waals surface area contributed by atoms with E-state index >= 15 is 0 Å². The smallest absolute Gasteiger partial charge is 0.246 e. The molecule has 6 heteroatoms. The molecule has 1 saturated heterocycles. The van der Waals surface area contributed by atoms with E-state index in [9.17, 15) is 9.59 Å². The zero-order valence-electron chi connectivity index (χ0n) is 18.7. The van der Waals surface area contributed by atoms with Gasteiger partial charge in [-0.25, -0.2) is 0 Å². The number of carbonyl (C=O) groups is 2. The lowest BCUT2D eigenvalue weighted by Crippen LogP contribution is -2.87. The van der Waals surface area contributed by atoms with E-state index < -0.39 is 6.04 Å². The van der Waals surface area contributed by atoms with E-state index in [1.54, 1.807) is 14.0 Å². The van der Waals surface area contributed by atoms with Crippen LogP contribution in [0.2, 0.25) is 0 Å². The summed E-state index contributed by atoms with van der Waals surface area (Å²) in [6.07, 6.45) is 3.09. The summed E-state index contributed by atoms with van der Waals surface area (Å²) in [6, 6.07) is 9.89. The fourth-order valence-corrected chi connectivity index (χ4v) is 3.81. The third kappa shape index (κ3) is 6.82. The van der Waals surface area contributed by atoms with Crippen molar-refractivity contribution in [2.24, 2.45) is 5.41 Å². The molecule has 6 nitrogen and oxygen atoms in total. The maximum Gasteiger partial charge on any atom is 0.246 e. The zero-order chi connectivity index (χ0) is 21.4. The molecule has 0 spiro atoms. The standard InChI is InChI=1S/C23H38N4O2/c1-17(24-5)21(28)26-20(23(2,3)4)22(29)27-15-9-12-19(27)16-25-14-13-18-10-7-6-8-11-18/h6-8,10-11,17,19-20,24-25H,9,12-16H2,1-5H3,(H,26,28)/p+1/t17-,19-,20+/m0/s1. The van der Waals surface area contributed by atoms with Crippen LogP contribution in [0.3, 0.4) is 0 Å². The van der Waals surface area contributed by atoms with Crippen LogP contribution < -0.4 is 16.0 Å². The SMILES string of the molecule is CN[C@@H](C)C(=O)N[C@H](C(=O)N1CCC[C@H]1C[NH2+]CCc1ccccc1)C(C)(C)C. The molecule has 0 bridgehead atoms. The van der Waals surface area contributed by atoms with Gasteiger partial charge in [0, 0.05) is 13.0 Å². The molecule has 0 aromatic heterocycles. The number of rotatable bonds is 9. The minimum Gasteiger partial charge on any atom is -0.344 e. The van der Waals surface area contributed by atoms with Crippen LogP contribution >= 0.6 is 0 Å². The number of hydrogen-bond donors (Lipinski definition) is 3. The average molecular weight is 404 g/mol. The lowest BCUT2D eigenvalue weighted by atomic mass is 9.85. The van der Waals surface area contributed by atoms with Crippen molar-refractivity contribution < 1.29 is 14.9 Å². The van der Waals surface area contributed by atoms with Gasteiger partial charge in [0.05, 0.1) is 25.2 Å². The second-order valence-corrected chi connectivity index (χ2v) is 9.19. The van der Waals surface area contributed by atoms with Crippen molar-refractivity contribution in [3.8, 4) is 0 Å². The first-order valence-electron chi connectivity index (χ1n) is 10.9. The van der Waals surface area contributed by atoms with Gasteiger partial charge < -0.3 is 20.9 Å². The second kappa shape index (κ2) is 10.7. The molecule has 1 heterocycles. The summed E-state index contributed by atoms with van der Waals surface area (Å²) in [5.74, 6) is -0.0842. The molecule has 1 aromatic rings. The Morgan fingerprint density at radius 3 is 2.55 bits per heavy atom. The number of benzene rings is 1. The van der Waals surface area contributed by atoms with E-state index in [4.69, 9.17) is 0 Å². The highest BCUT2D eigenvalue weighted by molar-refractivity contribution is 5.90. The van der Waals surface area contributed by atoms with Crippen LogP contribution in [0.4, 0.5) is 0 Å². The second-order valence-electron chi connectivity index (χ2n) is 9.19. The fourth-order valence-electron chi connectivity index (χ4n) is 3.81. The number of nitrogens with zero attached hydrogens (tertiary/aromatic N) is 1. The first-order valence-corrected chi connectivity index (χ1v) is 10.9. The highest BCUT2D eigenvalue weighted by Crippen LogP contribution is 2.25. The van der Waals surface area contributed by atoms with Gasteiger partial charge in [-0.15, -0.1) is 0 Å². The Morgan fingerprint density at radius 2 is 1.93 bits per heavy atom. The van der Waals surface area contributed by atoms with E-state index in [0.29, 0.717) is 0 Å². The predicted molar refractivity (Wildman–Crippen MR) is 116 cm³/mol. The summed E-state index contributed by atoms with van der Waals surface area (Å²) in [5, 5.41) is 8.25. The monoisotopic (exact) mass is 403 g/mol. The Labute approximate surface area is 175 Å². The summed E-state index contributed by atoms with van der Waals surface area (Å²) in [5.41, 5.74) is 1.00. The number of nitrogens with two attached hydrogens (primary N) is 1. The molecule has 1 fully saturated rings. The highest BCUT2D eigenvalue weighted by atomic mass is 16.2. The molecular weight excluding hydrogens is 364 g/mol. The van der Waals surface area contributed by atoms with Gasteiger partial charge in [-0.2, -0.15) is 0 Å². The quantitative estimate of drug-likeness (QED) is 0.537. The minimum atomic E-state index is -0.518. The zero-order valence-corrected chi connectivity index (χ0v) is 18.7. The van der Waals surface area contributed by atoms with E-state index in [1.807, 2.05) is 31.7 Å². The molecule has 29 heavy (non-hydrogen) atoms. The van der Waals surface area contributed by atoms with Crippen LogP contribution in [0.5, 0.6) is 0 Å². The van der Waals surface area contributed by atoms with Crippen molar-refractivity contribution in [3.63, 3.8) is 0 Å². The molecule has 3 atom stereocenters. The van der Waals surface area contributed by atoms with Gasteiger partial charge in [0.1, 0.15) is 6.04 Å². The number of hydrogen-bond acceptors (Lipinski definition) is 3. The average Bonchev–Trinajstić information content (AvgIpc) is 3.16.